The van der Waals surface area contributed by atoms with Crippen LogP contribution >= 0.6 is 0 Å². The van der Waals surface area contributed by atoms with Crippen molar-refractivity contribution in [2.75, 3.05) is 6.61 Å². The summed E-state index contributed by atoms with van der Waals surface area (Å²) < 4.78 is 0. The summed E-state index contributed by atoms with van der Waals surface area (Å²) in [6.07, 6.45) is 7.89. The van der Waals surface area contributed by atoms with Gasteiger partial charge in [-0.05, 0) is 55.8 Å². The molecule has 2 unspecified atom stereocenters. The molecule has 0 heterocycles. The number of aliphatic hydroxyl groups is 1. The number of allylic oxidation sites excluding steroid dienone is 2. The molecule has 0 bridgehead atoms. The summed E-state index contributed by atoms with van der Waals surface area (Å²) in [6, 6.07) is 0. The van der Waals surface area contributed by atoms with E-state index < -0.39 is 0 Å². The zero-order valence-corrected chi connectivity index (χ0v) is 28.0. The van der Waals surface area contributed by atoms with Gasteiger partial charge in [0.1, 0.15) is 0 Å². The van der Waals surface area contributed by atoms with Gasteiger partial charge in [-0.1, -0.05) is 135 Å². The zero-order chi connectivity index (χ0) is 29.3. The van der Waals surface area contributed by atoms with E-state index in [1.807, 2.05) is 41.5 Å². The van der Waals surface area contributed by atoms with Crippen LogP contribution < -0.4 is 0 Å². The molecule has 1 N–H and O–H groups in total. The Labute approximate surface area is 223 Å². The van der Waals surface area contributed by atoms with E-state index >= 15 is 0 Å². The monoisotopic (exact) mass is 486 g/mol. The predicted octanol–water partition coefficient (Wildman–Crippen LogP) is 11.2. The minimum absolute atomic E-state index is 0.250. The van der Waals surface area contributed by atoms with Gasteiger partial charge in [0, 0.05) is 6.61 Å². The minimum atomic E-state index is 0.250. The second-order valence-electron chi connectivity index (χ2n) is 9.69. The summed E-state index contributed by atoms with van der Waals surface area (Å²) in [7, 11) is 4.72. The molecule has 1 radical (unpaired) electrons. The summed E-state index contributed by atoms with van der Waals surface area (Å²) in [4.78, 5) is 0. The third kappa shape index (κ3) is 63.4. The van der Waals surface area contributed by atoms with Gasteiger partial charge in [0.15, 0.2) is 0 Å². The Morgan fingerprint density at radius 1 is 0.794 bits per heavy atom. The van der Waals surface area contributed by atoms with Gasteiger partial charge in [-0.15, -0.1) is 0 Å². The van der Waals surface area contributed by atoms with E-state index in [-0.39, 0.29) is 6.61 Å². The Bertz CT molecular complexity index is 325. The van der Waals surface area contributed by atoms with E-state index in [1.54, 1.807) is 19.4 Å². The molecule has 1 fully saturated rings. The molecule has 2 heteroatoms. The summed E-state index contributed by atoms with van der Waals surface area (Å²) in [5.74, 6) is 5.14. The van der Waals surface area contributed by atoms with Gasteiger partial charge in [-0.3, -0.25) is 0 Å². The van der Waals surface area contributed by atoms with Crippen LogP contribution in [0.5, 0.6) is 0 Å². The van der Waals surface area contributed by atoms with Gasteiger partial charge in [0.05, 0.1) is 0 Å². The van der Waals surface area contributed by atoms with Gasteiger partial charge in [-0.25, -0.2) is 0 Å². The molecule has 1 saturated carbocycles. The number of hydrogen-bond acceptors (Lipinski definition) is 1. The molecule has 0 aliphatic heterocycles. The van der Waals surface area contributed by atoms with Crippen molar-refractivity contribution in [1.82, 2.24) is 0 Å². The van der Waals surface area contributed by atoms with Crippen LogP contribution in [0.2, 0.25) is 0 Å². The van der Waals surface area contributed by atoms with Crippen LogP contribution in [-0.2, 0) is 0 Å². The number of rotatable bonds is 5. The quantitative estimate of drug-likeness (QED) is 0.303. The fourth-order valence-electron chi connectivity index (χ4n) is 2.14. The van der Waals surface area contributed by atoms with Gasteiger partial charge >= 0.3 is 20.4 Å². The average Bonchev–Trinajstić information content (AvgIpc) is 3.48. The van der Waals surface area contributed by atoms with E-state index in [0.29, 0.717) is 5.41 Å². The molecular formula is C32H74BO. The molecule has 0 saturated heterocycles. The molecule has 0 amide bonds. The summed E-state index contributed by atoms with van der Waals surface area (Å²) in [6.45, 7) is 40.2. The molecule has 2 atom stereocenters. The van der Waals surface area contributed by atoms with Gasteiger partial charge in [-0.2, -0.15) is 0 Å². The molecule has 34 heavy (non-hydrogen) atoms. The van der Waals surface area contributed by atoms with Crippen LogP contribution in [0.4, 0.5) is 0 Å². The number of unbranched alkanes of at least 4 members (excludes halogenated alkanes) is 1. The van der Waals surface area contributed by atoms with Crippen LogP contribution in [0.25, 0.3) is 0 Å². The van der Waals surface area contributed by atoms with Gasteiger partial charge in [0.2, 0.25) is 0 Å². The first-order valence-corrected chi connectivity index (χ1v) is 14.6. The van der Waals surface area contributed by atoms with Crippen LogP contribution in [0.3, 0.4) is 0 Å². The third-order valence-electron chi connectivity index (χ3n) is 4.21. The summed E-state index contributed by atoms with van der Waals surface area (Å²) >= 11 is 0. The molecule has 0 aromatic rings. The van der Waals surface area contributed by atoms with Crippen molar-refractivity contribution in [2.45, 2.75) is 157 Å². The molecule has 0 spiro atoms. The molecule has 1 aliphatic rings. The Morgan fingerprint density at radius 2 is 1.06 bits per heavy atom. The normalized spacial score (nSPS) is 15.7. The van der Waals surface area contributed by atoms with Crippen molar-refractivity contribution in [3.8, 4) is 0 Å². The fraction of sp³-hybridized carbons (Fsp3) is 0.906. The third-order valence-corrected chi connectivity index (χ3v) is 4.21. The predicted molar refractivity (Wildman–Crippen MR) is 170 cm³/mol. The van der Waals surface area contributed by atoms with Gasteiger partial charge in [0.25, 0.3) is 0 Å². The van der Waals surface area contributed by atoms with Crippen molar-refractivity contribution < 1.29 is 5.11 Å². The van der Waals surface area contributed by atoms with E-state index in [1.165, 1.54) is 31.6 Å². The van der Waals surface area contributed by atoms with Crippen molar-refractivity contribution in [3.63, 3.8) is 0 Å². The Kier molecular flexibility index (Phi) is 63.5. The van der Waals surface area contributed by atoms with E-state index in [0.717, 1.165) is 23.7 Å². The first-order chi connectivity index (χ1) is 15.8. The van der Waals surface area contributed by atoms with Crippen LogP contribution in [-0.4, -0.2) is 25.2 Å². The molecule has 1 nitrogen and oxygen atoms in total. The van der Waals surface area contributed by atoms with Crippen LogP contribution in [0.15, 0.2) is 11.6 Å². The van der Waals surface area contributed by atoms with Crippen molar-refractivity contribution in [3.05, 3.63) is 11.6 Å². The van der Waals surface area contributed by atoms with Crippen molar-refractivity contribution >= 4 is 13.5 Å². The Balaban J connectivity index is -0.0000000549. The van der Waals surface area contributed by atoms with Crippen LogP contribution in [0, 0.1) is 29.1 Å². The fourth-order valence-corrected chi connectivity index (χ4v) is 2.14. The number of hydrogen-bond donors (Lipinski definition) is 1. The first kappa shape index (κ1) is 50.5. The second-order valence-corrected chi connectivity index (χ2v) is 9.69. The maximum absolute atomic E-state index is 7.57. The summed E-state index contributed by atoms with van der Waals surface area (Å²) in [5.41, 5.74) is 2.24. The average molecular weight is 486 g/mol. The summed E-state index contributed by atoms with van der Waals surface area (Å²) in [5, 5.41) is 7.57. The molecule has 1 rings (SSSR count). The van der Waals surface area contributed by atoms with Crippen molar-refractivity contribution in [1.29, 1.82) is 0 Å². The molecule has 1 aliphatic carbocycles. The Hall–Kier alpha value is -0.365. The second kappa shape index (κ2) is 42.8. The SMILES string of the molecule is C/C=C1\C(CC)C1CCCC.CC.CC.CC.CC(C)(C)C.CC(C)C(C)C.CCO.[B]=CC. The van der Waals surface area contributed by atoms with E-state index in [2.05, 4.69) is 82.2 Å². The topological polar surface area (TPSA) is 20.2 Å². The Morgan fingerprint density at radius 3 is 1.18 bits per heavy atom. The molecule has 0 aromatic carbocycles. The van der Waals surface area contributed by atoms with Crippen molar-refractivity contribution in [2.24, 2.45) is 29.1 Å². The van der Waals surface area contributed by atoms with Gasteiger partial charge < -0.3 is 5.11 Å². The molecular weight excluding hydrogens is 411 g/mol. The zero-order valence-electron chi connectivity index (χ0n) is 28.0. The standard InChI is InChI=1S/C11H20.C6H14.C5H12.C2H4B.C2H6O.3C2H6/c1-4-7-8-11-9(5-2)10(11)6-3;1-5(2)6(3)4;1-5(2,3)4;2*1-2-3;3*1-2/h5,10-11H,4,6-8H2,1-3H3;5-6H,1-4H3;1-4H3;2H,1H3;3H,2H2,1H3;3*1-2H3/b9-5+;;;;;;;. The first-order valence-electron chi connectivity index (χ1n) is 14.6. The molecule has 0 aromatic heterocycles. The molecule has 211 valence electrons. The number of aliphatic hydroxyl groups excluding tert-OH is 1. The van der Waals surface area contributed by atoms with E-state index in [4.69, 9.17) is 12.6 Å². The maximum atomic E-state index is 7.57. The van der Waals surface area contributed by atoms with Crippen LogP contribution in [0.1, 0.15) is 157 Å². The van der Waals surface area contributed by atoms with E-state index in [9.17, 15) is 0 Å².